The predicted molar refractivity (Wildman–Crippen MR) is 134 cm³/mol. The number of esters is 1. The zero-order chi connectivity index (χ0) is 22.6. The van der Waals surface area contributed by atoms with Gasteiger partial charge in [-0.1, -0.05) is 98.3 Å². The Morgan fingerprint density at radius 3 is 1.79 bits per heavy atom. The van der Waals surface area contributed by atoms with Gasteiger partial charge in [0.2, 0.25) is 0 Å². The van der Waals surface area contributed by atoms with E-state index in [1.807, 2.05) is 65.5 Å². The van der Waals surface area contributed by atoms with Gasteiger partial charge in [0.15, 0.2) is 6.10 Å². The first-order chi connectivity index (χ1) is 16.3. The van der Waals surface area contributed by atoms with E-state index in [9.17, 15) is 4.79 Å². The van der Waals surface area contributed by atoms with E-state index in [0.717, 1.165) is 45.5 Å². The second-order valence-corrected chi connectivity index (χ2v) is 8.39. The maximum Gasteiger partial charge on any atom is 0.330 e. The fourth-order valence-corrected chi connectivity index (χ4v) is 4.67. The number of hydrogen-bond donors (Lipinski definition) is 0. The molecule has 0 radical (unpaired) electrons. The number of ether oxygens (including phenoxy) is 1. The van der Waals surface area contributed by atoms with Gasteiger partial charge >= 0.3 is 5.97 Å². The van der Waals surface area contributed by atoms with Crippen LogP contribution in [-0.4, -0.2) is 10.5 Å². The third-order valence-electron chi connectivity index (χ3n) is 6.27. The Bertz CT molecular complexity index is 1300. The number of rotatable bonds is 7. The predicted octanol–water partition coefficient (Wildman–Crippen LogP) is 7.47. The molecule has 0 fully saturated rings. The Hall–Kier alpha value is -3.85. The van der Waals surface area contributed by atoms with Crippen LogP contribution in [0, 0.1) is 0 Å². The average Bonchev–Trinajstić information content (AvgIpc) is 3.40. The molecule has 0 saturated heterocycles. The number of benzene rings is 4. The molecule has 5 rings (SSSR count). The number of carbonyl (C=O) groups excluding carboxylic acids is 1. The van der Waals surface area contributed by atoms with Crippen molar-refractivity contribution < 1.29 is 9.53 Å². The summed E-state index contributed by atoms with van der Waals surface area (Å²) in [5, 5.41) is 4.45. The lowest BCUT2D eigenvalue weighted by molar-refractivity contribution is -0.151. The lowest BCUT2D eigenvalue weighted by atomic mass is 9.92. The highest BCUT2D eigenvalue weighted by Crippen LogP contribution is 2.36. The molecule has 164 valence electrons. The zero-order valence-electron chi connectivity index (χ0n) is 18.7. The van der Waals surface area contributed by atoms with E-state index in [4.69, 9.17) is 4.74 Å². The molecule has 0 saturated carbocycles. The van der Waals surface area contributed by atoms with Crippen molar-refractivity contribution in [3.05, 3.63) is 121 Å². The molecule has 1 aromatic heterocycles. The Balaban J connectivity index is 1.65. The molecule has 0 bridgehead atoms. The number of aromatic nitrogens is 1. The summed E-state index contributed by atoms with van der Waals surface area (Å²) in [6.45, 7) is 2.09. The first-order valence-corrected chi connectivity index (χ1v) is 11.5. The third-order valence-corrected chi connectivity index (χ3v) is 6.27. The second kappa shape index (κ2) is 9.33. The quantitative estimate of drug-likeness (QED) is 0.249. The third kappa shape index (κ3) is 4.14. The highest BCUT2D eigenvalue weighted by Gasteiger charge is 2.28. The molecule has 0 amide bonds. The van der Waals surface area contributed by atoms with Crippen molar-refractivity contribution in [2.45, 2.75) is 31.9 Å². The molecule has 4 aromatic carbocycles. The molecular formula is C30H27NO2. The SMILES string of the molecule is CCC[C@@H](C(=O)OC(c1cccc2ccccc12)c1cccc2ccccc12)n1cccc1. The standard InChI is InChI=1S/C30H27NO2/c1-2-11-28(31-20-7-8-21-31)30(32)33-29(26-18-9-14-22-12-3-5-16-24(22)26)27-19-10-15-23-13-4-6-17-25(23)27/h3-10,12-21,28-29H,2,11H2,1H3/t28-/m0/s1. The van der Waals surface area contributed by atoms with E-state index in [2.05, 4.69) is 55.5 Å². The van der Waals surface area contributed by atoms with Crippen molar-refractivity contribution in [3.8, 4) is 0 Å². The summed E-state index contributed by atoms with van der Waals surface area (Å²) in [7, 11) is 0. The van der Waals surface area contributed by atoms with Crippen LogP contribution in [0.5, 0.6) is 0 Å². The van der Waals surface area contributed by atoms with Crippen LogP contribution in [0.15, 0.2) is 109 Å². The smallest absolute Gasteiger partial charge is 0.330 e. The summed E-state index contributed by atoms with van der Waals surface area (Å²) >= 11 is 0. The number of nitrogens with zero attached hydrogens (tertiary/aromatic N) is 1. The van der Waals surface area contributed by atoms with Crippen LogP contribution < -0.4 is 0 Å². The fraction of sp³-hybridized carbons (Fsp3) is 0.167. The number of fused-ring (bicyclic) bond motifs is 2. The highest BCUT2D eigenvalue weighted by atomic mass is 16.5. The highest BCUT2D eigenvalue weighted by molar-refractivity contribution is 5.90. The Labute approximate surface area is 194 Å². The Morgan fingerprint density at radius 1 is 0.727 bits per heavy atom. The van der Waals surface area contributed by atoms with Gasteiger partial charge in [0.25, 0.3) is 0 Å². The van der Waals surface area contributed by atoms with Crippen LogP contribution >= 0.6 is 0 Å². The van der Waals surface area contributed by atoms with Crippen molar-refractivity contribution >= 4 is 27.5 Å². The lowest BCUT2D eigenvalue weighted by Crippen LogP contribution is -2.23. The summed E-state index contributed by atoms with van der Waals surface area (Å²) in [6, 6.07) is 32.5. The van der Waals surface area contributed by atoms with Gasteiger partial charge in [-0.25, -0.2) is 4.79 Å². The molecule has 0 aliphatic rings. The van der Waals surface area contributed by atoms with Gasteiger partial charge in [0, 0.05) is 23.5 Å². The van der Waals surface area contributed by atoms with Gasteiger partial charge in [-0.2, -0.15) is 0 Å². The summed E-state index contributed by atoms with van der Waals surface area (Å²) in [5.41, 5.74) is 2.00. The minimum atomic E-state index is -0.510. The van der Waals surface area contributed by atoms with Crippen molar-refractivity contribution in [2.75, 3.05) is 0 Å². The molecule has 1 heterocycles. The van der Waals surface area contributed by atoms with Gasteiger partial charge in [0.1, 0.15) is 6.04 Å². The second-order valence-electron chi connectivity index (χ2n) is 8.39. The maximum atomic E-state index is 13.6. The Kier molecular flexibility index (Phi) is 5.95. The van der Waals surface area contributed by atoms with Crippen LogP contribution in [0.1, 0.15) is 43.0 Å². The normalized spacial score (nSPS) is 12.3. The largest absolute Gasteiger partial charge is 0.451 e. The molecule has 0 unspecified atom stereocenters. The Morgan fingerprint density at radius 2 is 1.24 bits per heavy atom. The molecular weight excluding hydrogens is 406 g/mol. The molecule has 3 heteroatoms. The summed E-state index contributed by atoms with van der Waals surface area (Å²) in [4.78, 5) is 13.6. The van der Waals surface area contributed by atoms with E-state index in [1.54, 1.807) is 0 Å². The van der Waals surface area contributed by atoms with Gasteiger partial charge in [-0.3, -0.25) is 0 Å². The molecule has 5 aromatic rings. The van der Waals surface area contributed by atoms with Gasteiger partial charge in [-0.15, -0.1) is 0 Å². The average molecular weight is 434 g/mol. The van der Waals surface area contributed by atoms with Crippen LogP contribution in [0.4, 0.5) is 0 Å². The molecule has 33 heavy (non-hydrogen) atoms. The van der Waals surface area contributed by atoms with Crippen molar-refractivity contribution in [1.82, 2.24) is 4.57 Å². The summed E-state index contributed by atoms with van der Waals surface area (Å²) in [6.07, 6.45) is 4.99. The van der Waals surface area contributed by atoms with Crippen LogP contribution in [0.3, 0.4) is 0 Å². The van der Waals surface area contributed by atoms with Gasteiger partial charge in [-0.05, 0) is 40.1 Å². The van der Waals surface area contributed by atoms with Crippen molar-refractivity contribution in [3.63, 3.8) is 0 Å². The van der Waals surface area contributed by atoms with Gasteiger partial charge in [0.05, 0.1) is 0 Å². The summed E-state index contributed by atoms with van der Waals surface area (Å²) < 4.78 is 8.37. The van der Waals surface area contributed by atoms with E-state index in [1.165, 1.54) is 0 Å². The minimum absolute atomic E-state index is 0.209. The number of hydrogen-bond acceptors (Lipinski definition) is 2. The van der Waals surface area contributed by atoms with E-state index >= 15 is 0 Å². The molecule has 0 aliphatic carbocycles. The first-order valence-electron chi connectivity index (χ1n) is 11.5. The zero-order valence-corrected chi connectivity index (χ0v) is 18.7. The minimum Gasteiger partial charge on any atom is -0.451 e. The van der Waals surface area contributed by atoms with Crippen LogP contribution in [-0.2, 0) is 9.53 Å². The molecule has 0 spiro atoms. The topological polar surface area (TPSA) is 31.2 Å². The molecule has 1 atom stereocenters. The van der Waals surface area contributed by atoms with E-state index in [-0.39, 0.29) is 12.0 Å². The maximum absolute atomic E-state index is 13.6. The van der Waals surface area contributed by atoms with Crippen LogP contribution in [0.25, 0.3) is 21.5 Å². The fourth-order valence-electron chi connectivity index (χ4n) is 4.67. The summed E-state index contributed by atoms with van der Waals surface area (Å²) in [5.74, 6) is -0.209. The lowest BCUT2D eigenvalue weighted by Gasteiger charge is -2.25. The molecule has 0 N–H and O–H groups in total. The van der Waals surface area contributed by atoms with E-state index in [0.29, 0.717) is 0 Å². The number of carbonyl (C=O) groups is 1. The van der Waals surface area contributed by atoms with Crippen LogP contribution in [0.2, 0.25) is 0 Å². The monoisotopic (exact) mass is 433 g/mol. The van der Waals surface area contributed by atoms with Gasteiger partial charge < -0.3 is 9.30 Å². The first kappa shape index (κ1) is 21.0. The molecule has 3 nitrogen and oxygen atoms in total. The molecule has 0 aliphatic heterocycles. The van der Waals surface area contributed by atoms with Crippen molar-refractivity contribution in [1.29, 1.82) is 0 Å². The van der Waals surface area contributed by atoms with E-state index < -0.39 is 6.10 Å². The van der Waals surface area contributed by atoms with Crippen molar-refractivity contribution in [2.24, 2.45) is 0 Å².